The van der Waals surface area contributed by atoms with Crippen LogP contribution in [0.25, 0.3) is 0 Å². The molecule has 2 rings (SSSR count). The Bertz CT molecular complexity index is 644. The predicted octanol–water partition coefficient (Wildman–Crippen LogP) is 3.64. The number of nitrogens with one attached hydrogen (secondary N) is 2. The summed E-state index contributed by atoms with van der Waals surface area (Å²) in [5, 5.41) is 4.90. The van der Waals surface area contributed by atoms with E-state index in [0.717, 1.165) is 29.3 Å². The van der Waals surface area contributed by atoms with Crippen molar-refractivity contribution in [2.75, 3.05) is 11.9 Å². The van der Waals surface area contributed by atoms with E-state index < -0.39 is 17.7 Å². The van der Waals surface area contributed by atoms with E-state index in [1.54, 1.807) is 0 Å². The highest BCUT2D eigenvalue weighted by atomic mass is 19.1. The van der Waals surface area contributed by atoms with Gasteiger partial charge in [0.2, 0.25) is 0 Å². The molecule has 2 aromatic rings. The van der Waals surface area contributed by atoms with Crippen molar-refractivity contribution in [3.63, 3.8) is 0 Å². The Labute approximate surface area is 122 Å². The zero-order chi connectivity index (χ0) is 15.2. The third kappa shape index (κ3) is 4.27. The molecule has 0 aliphatic rings. The van der Waals surface area contributed by atoms with Crippen molar-refractivity contribution in [3.05, 3.63) is 65.2 Å². The Morgan fingerprint density at radius 2 is 1.90 bits per heavy atom. The van der Waals surface area contributed by atoms with Crippen molar-refractivity contribution < 1.29 is 13.6 Å². The summed E-state index contributed by atoms with van der Waals surface area (Å²) in [4.78, 5) is 11.6. The highest BCUT2D eigenvalue weighted by Gasteiger charge is 2.07. The standard InChI is InChI=1S/C16H16F2N2O/c1-11-4-2-3-5-12(11)8-9-19-16(21)20-15-10-13(17)6-7-14(15)18/h2-7,10H,8-9H2,1H3,(H2,19,20,21). The monoisotopic (exact) mass is 290 g/mol. The fourth-order valence-electron chi connectivity index (χ4n) is 1.96. The number of anilines is 1. The zero-order valence-electron chi connectivity index (χ0n) is 11.6. The van der Waals surface area contributed by atoms with Gasteiger partial charge in [-0.3, -0.25) is 0 Å². The van der Waals surface area contributed by atoms with Crippen molar-refractivity contribution in [3.8, 4) is 0 Å². The number of benzene rings is 2. The summed E-state index contributed by atoms with van der Waals surface area (Å²) < 4.78 is 26.3. The molecule has 3 nitrogen and oxygen atoms in total. The molecule has 110 valence electrons. The van der Waals surface area contributed by atoms with E-state index in [9.17, 15) is 13.6 Å². The maximum atomic E-state index is 13.4. The molecular weight excluding hydrogens is 274 g/mol. The minimum atomic E-state index is -0.676. The molecule has 0 aliphatic carbocycles. The smallest absolute Gasteiger partial charge is 0.319 e. The highest BCUT2D eigenvalue weighted by Crippen LogP contribution is 2.14. The molecule has 0 fully saturated rings. The van der Waals surface area contributed by atoms with Crippen molar-refractivity contribution in [1.29, 1.82) is 0 Å². The molecule has 0 saturated heterocycles. The van der Waals surface area contributed by atoms with Crippen LogP contribution in [-0.4, -0.2) is 12.6 Å². The predicted molar refractivity (Wildman–Crippen MR) is 78.3 cm³/mol. The zero-order valence-corrected chi connectivity index (χ0v) is 11.6. The first-order valence-electron chi connectivity index (χ1n) is 6.60. The maximum Gasteiger partial charge on any atom is 0.319 e. The molecule has 2 N–H and O–H groups in total. The highest BCUT2D eigenvalue weighted by molar-refractivity contribution is 5.89. The lowest BCUT2D eigenvalue weighted by atomic mass is 10.1. The first kappa shape index (κ1) is 15.0. The maximum absolute atomic E-state index is 13.4. The lowest BCUT2D eigenvalue weighted by Crippen LogP contribution is -2.30. The number of aryl methyl sites for hydroxylation is 1. The summed E-state index contributed by atoms with van der Waals surface area (Å²) in [5.41, 5.74) is 2.11. The Balaban J connectivity index is 1.85. The first-order valence-corrected chi connectivity index (χ1v) is 6.60. The van der Waals surface area contributed by atoms with Crippen LogP contribution in [0.2, 0.25) is 0 Å². The summed E-state index contributed by atoms with van der Waals surface area (Å²) in [6.07, 6.45) is 0.672. The van der Waals surface area contributed by atoms with E-state index in [1.807, 2.05) is 31.2 Å². The number of carbonyl (C=O) groups excluding carboxylic acids is 1. The lowest BCUT2D eigenvalue weighted by molar-refractivity contribution is 0.252. The van der Waals surface area contributed by atoms with Gasteiger partial charge in [0.05, 0.1) is 5.69 Å². The van der Waals surface area contributed by atoms with Crippen LogP contribution < -0.4 is 10.6 Å². The topological polar surface area (TPSA) is 41.1 Å². The average Bonchev–Trinajstić information content (AvgIpc) is 2.45. The largest absolute Gasteiger partial charge is 0.338 e. The Kier molecular flexibility index (Phi) is 4.87. The fraction of sp³-hybridized carbons (Fsp3) is 0.188. The van der Waals surface area contributed by atoms with Gasteiger partial charge in [-0.1, -0.05) is 24.3 Å². The number of halogens is 2. The average molecular weight is 290 g/mol. The summed E-state index contributed by atoms with van der Waals surface area (Å²) in [7, 11) is 0. The molecular formula is C16H16F2N2O. The number of hydrogen-bond donors (Lipinski definition) is 2. The molecule has 0 atom stereocenters. The second kappa shape index (κ2) is 6.83. The Morgan fingerprint density at radius 1 is 1.14 bits per heavy atom. The van der Waals surface area contributed by atoms with Crippen molar-refractivity contribution >= 4 is 11.7 Å². The number of carbonyl (C=O) groups is 1. The Morgan fingerprint density at radius 3 is 2.67 bits per heavy atom. The van der Waals surface area contributed by atoms with Gasteiger partial charge in [0.1, 0.15) is 11.6 Å². The van der Waals surface area contributed by atoms with Gasteiger partial charge in [-0.15, -0.1) is 0 Å². The third-order valence-electron chi connectivity index (χ3n) is 3.12. The van der Waals surface area contributed by atoms with Crippen molar-refractivity contribution in [1.82, 2.24) is 5.32 Å². The molecule has 5 heteroatoms. The Hall–Kier alpha value is -2.43. The van der Waals surface area contributed by atoms with Crippen LogP contribution in [0.5, 0.6) is 0 Å². The molecule has 0 aliphatic heterocycles. The van der Waals surface area contributed by atoms with Crippen LogP contribution in [0.3, 0.4) is 0 Å². The van der Waals surface area contributed by atoms with Crippen molar-refractivity contribution in [2.24, 2.45) is 0 Å². The summed E-state index contributed by atoms with van der Waals surface area (Å²) in [6.45, 7) is 2.41. The second-order valence-corrected chi connectivity index (χ2v) is 4.68. The van der Waals surface area contributed by atoms with Crippen LogP contribution in [0.4, 0.5) is 19.3 Å². The van der Waals surface area contributed by atoms with E-state index in [4.69, 9.17) is 0 Å². The molecule has 0 saturated carbocycles. The first-order chi connectivity index (χ1) is 10.1. The molecule has 0 unspecified atom stereocenters. The van der Waals surface area contributed by atoms with Crippen LogP contribution in [0.15, 0.2) is 42.5 Å². The van der Waals surface area contributed by atoms with Gasteiger partial charge >= 0.3 is 6.03 Å². The summed E-state index contributed by atoms with van der Waals surface area (Å²) in [6, 6.07) is 10.2. The van der Waals surface area contributed by atoms with Gasteiger partial charge in [-0.05, 0) is 36.6 Å². The SMILES string of the molecule is Cc1ccccc1CCNC(=O)Nc1cc(F)ccc1F. The normalized spacial score (nSPS) is 10.2. The van der Waals surface area contributed by atoms with Crippen LogP contribution >= 0.6 is 0 Å². The summed E-state index contributed by atoms with van der Waals surface area (Å²) >= 11 is 0. The molecule has 2 amide bonds. The molecule has 2 aromatic carbocycles. The van der Waals surface area contributed by atoms with Crippen LogP contribution in [-0.2, 0) is 6.42 Å². The van der Waals surface area contributed by atoms with Gasteiger partial charge in [0.15, 0.2) is 0 Å². The third-order valence-corrected chi connectivity index (χ3v) is 3.12. The molecule has 21 heavy (non-hydrogen) atoms. The number of hydrogen-bond acceptors (Lipinski definition) is 1. The number of rotatable bonds is 4. The molecule has 0 radical (unpaired) electrons. The second-order valence-electron chi connectivity index (χ2n) is 4.68. The van der Waals surface area contributed by atoms with Crippen LogP contribution in [0.1, 0.15) is 11.1 Å². The molecule has 0 spiro atoms. The molecule has 0 heterocycles. The molecule has 0 bridgehead atoms. The van der Waals surface area contributed by atoms with Gasteiger partial charge in [-0.25, -0.2) is 13.6 Å². The summed E-state index contributed by atoms with van der Waals surface area (Å²) in [5.74, 6) is -1.28. The van der Waals surface area contributed by atoms with E-state index in [0.29, 0.717) is 13.0 Å². The minimum absolute atomic E-state index is 0.177. The van der Waals surface area contributed by atoms with Crippen molar-refractivity contribution in [2.45, 2.75) is 13.3 Å². The van der Waals surface area contributed by atoms with E-state index in [2.05, 4.69) is 10.6 Å². The van der Waals surface area contributed by atoms with E-state index >= 15 is 0 Å². The number of amides is 2. The fourth-order valence-corrected chi connectivity index (χ4v) is 1.96. The van der Waals surface area contributed by atoms with Gasteiger partial charge in [0.25, 0.3) is 0 Å². The van der Waals surface area contributed by atoms with Crippen LogP contribution in [0, 0.1) is 18.6 Å². The van der Waals surface area contributed by atoms with E-state index in [1.165, 1.54) is 0 Å². The quantitative estimate of drug-likeness (QED) is 0.887. The molecule has 0 aromatic heterocycles. The number of urea groups is 1. The lowest BCUT2D eigenvalue weighted by Gasteiger charge is -2.09. The van der Waals surface area contributed by atoms with Gasteiger partial charge in [-0.2, -0.15) is 0 Å². The van der Waals surface area contributed by atoms with Gasteiger partial charge < -0.3 is 10.6 Å². The van der Waals surface area contributed by atoms with Gasteiger partial charge in [0, 0.05) is 12.6 Å². The minimum Gasteiger partial charge on any atom is -0.338 e. The van der Waals surface area contributed by atoms with E-state index in [-0.39, 0.29) is 5.69 Å².